The van der Waals surface area contributed by atoms with Crippen LogP contribution in [0.2, 0.25) is 0 Å². The first-order chi connectivity index (χ1) is 16.0. The van der Waals surface area contributed by atoms with Crippen LogP contribution in [-0.2, 0) is 11.0 Å². The van der Waals surface area contributed by atoms with Crippen LogP contribution >= 0.6 is 0 Å². The van der Waals surface area contributed by atoms with Crippen LogP contribution in [0.4, 0.5) is 30.4 Å². The molecule has 0 spiro atoms. The van der Waals surface area contributed by atoms with Crippen molar-refractivity contribution in [3.8, 4) is 0 Å². The Hall–Kier alpha value is -3.37. The van der Waals surface area contributed by atoms with Crippen LogP contribution in [0.1, 0.15) is 42.0 Å². The number of amides is 2. The zero-order chi connectivity index (χ0) is 24.8. The molecule has 2 amide bonds. The Labute approximate surface area is 195 Å². The number of carbonyl (C=O) groups is 2. The van der Waals surface area contributed by atoms with Crippen LogP contribution in [0.15, 0.2) is 24.4 Å². The third-order valence-electron chi connectivity index (χ3n) is 6.25. The van der Waals surface area contributed by atoms with Crippen molar-refractivity contribution in [1.29, 1.82) is 0 Å². The summed E-state index contributed by atoms with van der Waals surface area (Å²) in [6.07, 6.45) is -2.91. The average Bonchev–Trinajstić information content (AvgIpc) is 3.22. The second-order valence-corrected chi connectivity index (χ2v) is 9.09. The van der Waals surface area contributed by atoms with Gasteiger partial charge in [-0.3, -0.25) is 14.6 Å². The van der Waals surface area contributed by atoms with Crippen LogP contribution in [0.3, 0.4) is 0 Å². The SMILES string of the molecule is Cc1nc(N[C@@H]2CCN(C(=O)c3ccc(C(F)(F)F)nc3)C2)cc2c1NC(=O)[C@H](C(C)C)N2C. The first-order valence-corrected chi connectivity index (χ1v) is 11.1. The van der Waals surface area contributed by atoms with Gasteiger partial charge in [-0.15, -0.1) is 0 Å². The molecule has 1 fully saturated rings. The normalized spacial score (nSPS) is 20.4. The molecule has 4 heterocycles. The van der Waals surface area contributed by atoms with Gasteiger partial charge in [0.1, 0.15) is 17.6 Å². The van der Waals surface area contributed by atoms with Gasteiger partial charge in [-0.2, -0.15) is 13.2 Å². The maximum Gasteiger partial charge on any atom is 0.433 e. The number of likely N-dealkylation sites (tertiary alicyclic amines) is 1. The van der Waals surface area contributed by atoms with Crippen LogP contribution in [-0.4, -0.2) is 58.9 Å². The summed E-state index contributed by atoms with van der Waals surface area (Å²) in [6.45, 7) is 6.67. The van der Waals surface area contributed by atoms with Gasteiger partial charge < -0.3 is 20.4 Å². The molecular formula is C23H27F3N6O2. The first-order valence-electron chi connectivity index (χ1n) is 11.1. The van der Waals surface area contributed by atoms with Gasteiger partial charge in [-0.05, 0) is 31.4 Å². The van der Waals surface area contributed by atoms with E-state index in [1.165, 1.54) is 0 Å². The monoisotopic (exact) mass is 476 g/mol. The molecular weight excluding hydrogens is 449 g/mol. The minimum atomic E-state index is -4.55. The number of hydrogen-bond acceptors (Lipinski definition) is 6. The zero-order valence-electron chi connectivity index (χ0n) is 19.4. The van der Waals surface area contributed by atoms with Gasteiger partial charge in [0.2, 0.25) is 5.91 Å². The number of nitrogens with zero attached hydrogens (tertiary/aromatic N) is 4. The van der Waals surface area contributed by atoms with Crippen molar-refractivity contribution in [2.24, 2.45) is 5.92 Å². The predicted molar refractivity (Wildman–Crippen MR) is 122 cm³/mol. The number of nitrogens with one attached hydrogen (secondary N) is 2. The lowest BCUT2D eigenvalue weighted by molar-refractivity contribution is -0.141. The third-order valence-corrected chi connectivity index (χ3v) is 6.25. The molecule has 2 atom stereocenters. The van der Waals surface area contributed by atoms with Crippen LogP contribution < -0.4 is 15.5 Å². The number of rotatable bonds is 4. The Morgan fingerprint density at radius 2 is 2.03 bits per heavy atom. The Morgan fingerprint density at radius 1 is 1.29 bits per heavy atom. The molecule has 4 rings (SSSR count). The van der Waals surface area contributed by atoms with E-state index < -0.39 is 11.9 Å². The van der Waals surface area contributed by atoms with Crippen molar-refractivity contribution in [2.45, 2.75) is 45.5 Å². The molecule has 0 aromatic carbocycles. The van der Waals surface area contributed by atoms with Gasteiger partial charge in [0.25, 0.3) is 5.91 Å². The Balaban J connectivity index is 1.45. The van der Waals surface area contributed by atoms with Gasteiger partial charge in [0.15, 0.2) is 0 Å². The van der Waals surface area contributed by atoms with Crippen LogP contribution in [0, 0.1) is 12.8 Å². The van der Waals surface area contributed by atoms with E-state index in [9.17, 15) is 22.8 Å². The molecule has 1 saturated heterocycles. The molecule has 0 saturated carbocycles. The number of hydrogen-bond donors (Lipinski definition) is 2. The Kier molecular flexibility index (Phi) is 6.13. The van der Waals surface area contributed by atoms with Crippen LogP contribution in [0.25, 0.3) is 0 Å². The largest absolute Gasteiger partial charge is 0.433 e. The van der Waals surface area contributed by atoms with E-state index in [-0.39, 0.29) is 35.4 Å². The second-order valence-electron chi connectivity index (χ2n) is 9.09. The van der Waals surface area contributed by atoms with E-state index >= 15 is 0 Å². The van der Waals surface area contributed by atoms with Crippen molar-refractivity contribution in [1.82, 2.24) is 14.9 Å². The summed E-state index contributed by atoms with van der Waals surface area (Å²) in [7, 11) is 1.89. The summed E-state index contributed by atoms with van der Waals surface area (Å²) in [5, 5.41) is 6.33. The van der Waals surface area contributed by atoms with E-state index in [1.54, 1.807) is 4.90 Å². The quantitative estimate of drug-likeness (QED) is 0.702. The van der Waals surface area contributed by atoms with Crippen molar-refractivity contribution < 1.29 is 22.8 Å². The summed E-state index contributed by atoms with van der Waals surface area (Å²) in [5.41, 5.74) is 1.33. The molecule has 34 heavy (non-hydrogen) atoms. The number of halogens is 3. The van der Waals surface area contributed by atoms with Gasteiger partial charge in [0, 0.05) is 38.4 Å². The number of fused-ring (bicyclic) bond motifs is 1. The lowest BCUT2D eigenvalue weighted by Gasteiger charge is -2.38. The molecule has 2 aliphatic rings. The molecule has 0 aliphatic carbocycles. The summed E-state index contributed by atoms with van der Waals surface area (Å²) >= 11 is 0. The Bertz CT molecular complexity index is 1100. The Morgan fingerprint density at radius 3 is 2.65 bits per heavy atom. The number of aromatic nitrogens is 2. The number of pyridine rings is 2. The van der Waals surface area contributed by atoms with Crippen molar-refractivity contribution >= 4 is 29.0 Å². The van der Waals surface area contributed by atoms with Gasteiger partial charge in [-0.1, -0.05) is 13.8 Å². The molecule has 0 unspecified atom stereocenters. The minimum absolute atomic E-state index is 0.0571. The molecule has 0 bridgehead atoms. The fraction of sp³-hybridized carbons (Fsp3) is 0.478. The van der Waals surface area contributed by atoms with E-state index in [0.29, 0.717) is 36.7 Å². The highest BCUT2D eigenvalue weighted by Gasteiger charge is 2.35. The number of aryl methyl sites for hydroxylation is 1. The minimum Gasteiger partial charge on any atom is -0.365 e. The summed E-state index contributed by atoms with van der Waals surface area (Å²) in [6, 6.07) is 3.50. The van der Waals surface area contributed by atoms with Crippen molar-refractivity contribution in [3.63, 3.8) is 0 Å². The second kappa shape index (κ2) is 8.77. The van der Waals surface area contributed by atoms with Gasteiger partial charge in [-0.25, -0.2) is 4.98 Å². The maximum absolute atomic E-state index is 12.7. The maximum atomic E-state index is 12.7. The molecule has 182 valence electrons. The van der Waals surface area contributed by atoms with E-state index in [1.807, 2.05) is 38.8 Å². The summed E-state index contributed by atoms with van der Waals surface area (Å²) in [4.78, 5) is 36.8. The first kappa shape index (κ1) is 23.8. The molecule has 2 N–H and O–H groups in total. The van der Waals surface area contributed by atoms with Crippen molar-refractivity contribution in [2.75, 3.05) is 35.7 Å². The number of carbonyl (C=O) groups excluding carboxylic acids is 2. The fourth-order valence-corrected chi connectivity index (χ4v) is 4.58. The molecule has 2 aromatic heterocycles. The van der Waals surface area contributed by atoms with E-state index in [4.69, 9.17) is 0 Å². The van der Waals surface area contributed by atoms with Crippen LogP contribution in [0.5, 0.6) is 0 Å². The fourth-order valence-electron chi connectivity index (χ4n) is 4.58. The molecule has 11 heteroatoms. The molecule has 0 radical (unpaired) electrons. The van der Waals surface area contributed by atoms with Gasteiger partial charge in [0.05, 0.1) is 22.6 Å². The topological polar surface area (TPSA) is 90.5 Å². The average molecular weight is 477 g/mol. The lowest BCUT2D eigenvalue weighted by Crippen LogP contribution is -2.49. The van der Waals surface area contributed by atoms with Crippen molar-refractivity contribution in [3.05, 3.63) is 41.3 Å². The zero-order valence-corrected chi connectivity index (χ0v) is 19.4. The van der Waals surface area contributed by atoms with E-state index in [0.717, 1.165) is 24.0 Å². The smallest absolute Gasteiger partial charge is 0.365 e. The number of alkyl halides is 3. The number of anilines is 3. The standard InChI is InChI=1S/C23H27F3N6O2/c1-12(2)20-21(33)30-19-13(3)28-18(9-16(19)31(20)4)29-15-7-8-32(11-15)22(34)14-5-6-17(27-10-14)23(24,25)26/h5-6,9-10,12,15,20H,7-8,11H2,1-4H3,(H,28,29)(H,30,33)/t15-,20+/m1/s1. The summed E-state index contributed by atoms with van der Waals surface area (Å²) in [5.74, 6) is 0.343. The third kappa shape index (κ3) is 4.51. The van der Waals surface area contributed by atoms with E-state index in [2.05, 4.69) is 20.6 Å². The highest BCUT2D eigenvalue weighted by Crippen LogP contribution is 2.37. The molecule has 2 aliphatic heterocycles. The molecule has 8 nitrogen and oxygen atoms in total. The highest BCUT2D eigenvalue weighted by molar-refractivity contribution is 6.04. The predicted octanol–water partition coefficient (Wildman–Crippen LogP) is 3.54. The lowest BCUT2D eigenvalue weighted by atomic mass is 9.98. The summed E-state index contributed by atoms with van der Waals surface area (Å²) < 4.78 is 38.2. The number of likely N-dealkylation sites (N-methyl/N-ethyl adjacent to an activating group) is 1. The molecule has 2 aromatic rings. The van der Waals surface area contributed by atoms with Gasteiger partial charge >= 0.3 is 6.18 Å². The highest BCUT2D eigenvalue weighted by atomic mass is 19.4.